The van der Waals surface area contributed by atoms with Crippen LogP contribution in [0, 0.1) is 22.0 Å². The lowest BCUT2D eigenvalue weighted by molar-refractivity contribution is -0.250. The molecule has 1 saturated heterocycles. The molecule has 0 radical (unpaired) electrons. The van der Waals surface area contributed by atoms with Crippen LogP contribution in [0.2, 0.25) is 0 Å². The summed E-state index contributed by atoms with van der Waals surface area (Å²) in [6.45, 7) is 3.81. The number of ether oxygens (including phenoxy) is 5. The van der Waals surface area contributed by atoms with Crippen molar-refractivity contribution in [3.8, 4) is 11.5 Å². The van der Waals surface area contributed by atoms with Crippen LogP contribution in [0.25, 0.3) is 0 Å². The van der Waals surface area contributed by atoms with Gasteiger partial charge in [0.05, 0.1) is 0 Å². The first-order chi connectivity index (χ1) is 13.1. The molecular formula is C16H18N2O9S. The molecule has 5 atom stereocenters. The number of rotatable bonds is 6. The van der Waals surface area contributed by atoms with E-state index in [-0.39, 0.29) is 0 Å². The van der Waals surface area contributed by atoms with Crippen LogP contribution in [0.5, 0.6) is 0 Å². The van der Waals surface area contributed by atoms with Crippen molar-refractivity contribution < 1.29 is 42.9 Å². The van der Waals surface area contributed by atoms with Crippen LogP contribution < -0.4 is 0 Å². The number of carbonyl (C=O) groups is 4. The Balaban J connectivity index is 3.51. The summed E-state index contributed by atoms with van der Waals surface area (Å²) < 4.78 is 25.9. The molecule has 0 aromatic carbocycles. The van der Waals surface area contributed by atoms with Gasteiger partial charge in [-0.05, 0) is 0 Å². The standard InChI is InChI=1S/C16H18N2O9S/c1-8(19)23-5-12-13(24-9(2)20)14(25-10(3)21)15(26-11(4)22)16(6-17,27-12)28-7-18/h12-15H,5H2,1-4H3/t12-,13+,14+,15-,16-/m1/s1. The topological polar surface area (TPSA) is 162 Å². The third kappa shape index (κ3) is 5.84. The second kappa shape index (κ2) is 9.92. The Morgan fingerprint density at radius 2 is 1.46 bits per heavy atom. The first-order valence-electron chi connectivity index (χ1n) is 7.87. The SMILES string of the molecule is CC(=O)OC[C@H]1O[C@](C#N)(SC#N)[C@H](OC(C)=O)[C@@H](OC(C)=O)[C@H]1OC(C)=O. The lowest BCUT2D eigenvalue weighted by atomic mass is 9.94. The normalized spacial score (nSPS) is 28.8. The predicted octanol–water partition coefficient (Wildman–Crippen LogP) is 0.178. The van der Waals surface area contributed by atoms with Crippen molar-refractivity contribution in [2.75, 3.05) is 6.61 Å². The fraction of sp³-hybridized carbons (Fsp3) is 0.625. The molecule has 1 heterocycles. The molecule has 0 aromatic rings. The van der Waals surface area contributed by atoms with Crippen LogP contribution >= 0.6 is 11.8 Å². The first kappa shape index (κ1) is 23.2. The summed E-state index contributed by atoms with van der Waals surface area (Å²) in [5.41, 5.74) is 0. The molecule has 1 aliphatic heterocycles. The fourth-order valence-corrected chi connectivity index (χ4v) is 3.18. The Kier molecular flexibility index (Phi) is 8.22. The molecule has 1 aliphatic rings. The predicted molar refractivity (Wildman–Crippen MR) is 89.7 cm³/mol. The lowest BCUT2D eigenvalue weighted by Gasteiger charge is -2.46. The van der Waals surface area contributed by atoms with Crippen LogP contribution in [0.3, 0.4) is 0 Å². The van der Waals surface area contributed by atoms with Crippen molar-refractivity contribution in [1.82, 2.24) is 0 Å². The minimum atomic E-state index is -2.14. The number of thioether (sulfide) groups is 1. The van der Waals surface area contributed by atoms with E-state index >= 15 is 0 Å². The van der Waals surface area contributed by atoms with Gasteiger partial charge in [0, 0.05) is 39.5 Å². The molecule has 0 amide bonds. The van der Waals surface area contributed by atoms with Gasteiger partial charge in [0.15, 0.2) is 18.3 Å². The van der Waals surface area contributed by atoms with Crippen molar-refractivity contribution in [2.45, 2.75) is 57.0 Å². The van der Waals surface area contributed by atoms with Crippen molar-refractivity contribution in [3.05, 3.63) is 0 Å². The zero-order valence-corrected chi connectivity index (χ0v) is 16.3. The number of nitriles is 2. The van der Waals surface area contributed by atoms with E-state index in [1.165, 1.54) is 0 Å². The Morgan fingerprint density at radius 3 is 1.89 bits per heavy atom. The molecule has 0 aliphatic carbocycles. The molecule has 0 saturated carbocycles. The van der Waals surface area contributed by atoms with E-state index in [1.54, 1.807) is 11.5 Å². The van der Waals surface area contributed by atoms with Gasteiger partial charge in [-0.1, -0.05) is 0 Å². The lowest BCUT2D eigenvalue weighted by Crippen LogP contribution is -2.66. The van der Waals surface area contributed by atoms with Crippen LogP contribution in [-0.2, 0) is 42.9 Å². The first-order valence-corrected chi connectivity index (χ1v) is 8.69. The Hall–Kier alpha value is -2.83. The highest BCUT2D eigenvalue weighted by molar-refractivity contribution is 8.05. The van der Waals surface area contributed by atoms with E-state index in [0.29, 0.717) is 11.8 Å². The molecule has 1 fully saturated rings. The third-order valence-electron chi connectivity index (χ3n) is 3.39. The molecule has 1 rings (SSSR count). The summed E-state index contributed by atoms with van der Waals surface area (Å²) in [4.78, 5) is 43.8. The Morgan fingerprint density at radius 1 is 0.929 bits per heavy atom. The van der Waals surface area contributed by atoms with Crippen molar-refractivity contribution in [1.29, 1.82) is 10.5 Å². The zero-order chi connectivity index (χ0) is 21.5. The zero-order valence-electron chi connectivity index (χ0n) is 15.5. The number of carbonyl (C=O) groups excluding carboxylic acids is 4. The molecule has 0 spiro atoms. The summed E-state index contributed by atoms with van der Waals surface area (Å²) in [6.07, 6.45) is -5.78. The van der Waals surface area contributed by atoms with Gasteiger partial charge in [-0.3, -0.25) is 19.2 Å². The van der Waals surface area contributed by atoms with Crippen LogP contribution in [-0.4, -0.2) is 59.8 Å². The second-order valence-electron chi connectivity index (χ2n) is 5.61. The number of nitrogens with zero attached hydrogens (tertiary/aromatic N) is 2. The average molecular weight is 414 g/mol. The maximum atomic E-state index is 11.6. The van der Waals surface area contributed by atoms with Gasteiger partial charge in [-0.2, -0.15) is 10.5 Å². The van der Waals surface area contributed by atoms with E-state index in [4.69, 9.17) is 28.9 Å². The number of esters is 4. The van der Waals surface area contributed by atoms with Crippen LogP contribution in [0.15, 0.2) is 0 Å². The average Bonchev–Trinajstić information content (AvgIpc) is 2.57. The minimum absolute atomic E-state index is 0.312. The van der Waals surface area contributed by atoms with E-state index in [2.05, 4.69) is 0 Å². The molecule has 28 heavy (non-hydrogen) atoms. The van der Waals surface area contributed by atoms with Gasteiger partial charge < -0.3 is 23.7 Å². The van der Waals surface area contributed by atoms with Gasteiger partial charge in [0.1, 0.15) is 24.2 Å². The van der Waals surface area contributed by atoms with Gasteiger partial charge >= 0.3 is 23.9 Å². The third-order valence-corrected chi connectivity index (χ3v) is 4.20. The summed E-state index contributed by atoms with van der Waals surface area (Å²) in [5, 5.41) is 20.5. The van der Waals surface area contributed by atoms with Crippen molar-refractivity contribution in [2.24, 2.45) is 0 Å². The number of hydrogen-bond donors (Lipinski definition) is 0. The number of hydrogen-bond acceptors (Lipinski definition) is 12. The summed E-state index contributed by atoms with van der Waals surface area (Å²) in [6, 6.07) is 1.74. The van der Waals surface area contributed by atoms with Crippen molar-refractivity contribution in [3.63, 3.8) is 0 Å². The van der Waals surface area contributed by atoms with Crippen LogP contribution in [0.1, 0.15) is 27.7 Å². The molecule has 0 unspecified atom stereocenters. The molecule has 12 heteroatoms. The largest absolute Gasteiger partial charge is 0.463 e. The van der Waals surface area contributed by atoms with Gasteiger partial charge in [-0.25, -0.2) is 0 Å². The quantitative estimate of drug-likeness (QED) is 0.329. The maximum absolute atomic E-state index is 11.6. The van der Waals surface area contributed by atoms with E-state index in [9.17, 15) is 24.4 Å². The van der Waals surface area contributed by atoms with E-state index in [1.807, 2.05) is 0 Å². The van der Waals surface area contributed by atoms with Gasteiger partial charge in [0.25, 0.3) is 4.93 Å². The van der Waals surface area contributed by atoms with Gasteiger partial charge in [-0.15, -0.1) is 0 Å². The highest BCUT2D eigenvalue weighted by atomic mass is 32.2. The van der Waals surface area contributed by atoms with Gasteiger partial charge in [0.2, 0.25) is 0 Å². The highest BCUT2D eigenvalue weighted by Gasteiger charge is 2.61. The smallest absolute Gasteiger partial charge is 0.303 e. The molecule has 11 nitrogen and oxygen atoms in total. The summed E-state index contributed by atoms with van der Waals surface area (Å²) in [5.74, 6) is -3.17. The molecule has 0 N–H and O–H groups in total. The second-order valence-corrected chi connectivity index (χ2v) is 6.60. The molecule has 152 valence electrons. The van der Waals surface area contributed by atoms with E-state index in [0.717, 1.165) is 27.7 Å². The maximum Gasteiger partial charge on any atom is 0.303 e. The Labute approximate surface area is 164 Å². The van der Waals surface area contributed by atoms with E-state index < -0.39 is 59.8 Å². The van der Waals surface area contributed by atoms with Crippen LogP contribution in [0.4, 0.5) is 0 Å². The molecular weight excluding hydrogens is 396 g/mol. The molecule has 0 aromatic heterocycles. The summed E-state index contributed by atoms with van der Waals surface area (Å²) in [7, 11) is 0. The highest BCUT2D eigenvalue weighted by Crippen LogP contribution is 2.42. The fourth-order valence-electron chi connectivity index (χ4n) is 2.53. The van der Waals surface area contributed by atoms with Crippen molar-refractivity contribution >= 4 is 35.6 Å². The monoisotopic (exact) mass is 414 g/mol. The number of thiocyanates is 1. The Bertz CT molecular complexity index is 729. The molecule has 0 bridgehead atoms. The minimum Gasteiger partial charge on any atom is -0.463 e. The summed E-state index contributed by atoms with van der Waals surface area (Å²) >= 11 is 0.312.